The fourth-order valence-corrected chi connectivity index (χ4v) is 1.64. The van der Waals surface area contributed by atoms with Gasteiger partial charge in [-0.2, -0.15) is 0 Å². The molecule has 108 valence electrons. The van der Waals surface area contributed by atoms with Gasteiger partial charge in [0.05, 0.1) is 6.61 Å². The van der Waals surface area contributed by atoms with E-state index in [1.807, 2.05) is 24.3 Å². The molecule has 1 aromatic rings. The summed E-state index contributed by atoms with van der Waals surface area (Å²) in [6.07, 6.45) is 4.52. The van der Waals surface area contributed by atoms with Crippen molar-refractivity contribution in [1.82, 2.24) is 0 Å². The molecule has 0 bridgehead atoms. The molecule has 0 radical (unpaired) electrons. The van der Waals surface area contributed by atoms with Crippen LogP contribution in [0.25, 0.3) is 0 Å². The highest BCUT2D eigenvalue weighted by atomic mass is 16.5. The van der Waals surface area contributed by atoms with E-state index in [0.29, 0.717) is 5.92 Å². The summed E-state index contributed by atoms with van der Waals surface area (Å²) in [5.74, 6) is 1.57. The van der Waals surface area contributed by atoms with E-state index in [4.69, 9.17) is 15.2 Å². The summed E-state index contributed by atoms with van der Waals surface area (Å²) in [5.41, 5.74) is 6.38. The normalized spacial score (nSPS) is 12.3. The van der Waals surface area contributed by atoms with Gasteiger partial charge in [-0.25, -0.2) is 0 Å². The van der Waals surface area contributed by atoms with Gasteiger partial charge in [-0.1, -0.05) is 20.3 Å². The second-order valence-corrected chi connectivity index (χ2v) is 5.07. The van der Waals surface area contributed by atoms with Crippen LogP contribution in [0, 0.1) is 5.92 Å². The van der Waals surface area contributed by atoms with Crippen molar-refractivity contribution in [2.75, 3.05) is 25.6 Å². The van der Waals surface area contributed by atoms with Crippen molar-refractivity contribution in [2.24, 2.45) is 5.92 Å². The van der Waals surface area contributed by atoms with Crippen LogP contribution in [0.4, 0.5) is 5.69 Å². The van der Waals surface area contributed by atoms with E-state index in [2.05, 4.69) is 13.8 Å². The summed E-state index contributed by atoms with van der Waals surface area (Å²) in [4.78, 5) is 0. The van der Waals surface area contributed by atoms with E-state index in [1.165, 1.54) is 6.42 Å². The third kappa shape index (κ3) is 7.73. The van der Waals surface area contributed by atoms with Crippen molar-refractivity contribution < 1.29 is 9.47 Å². The van der Waals surface area contributed by atoms with Crippen LogP contribution in [-0.2, 0) is 4.74 Å². The van der Waals surface area contributed by atoms with E-state index in [-0.39, 0.29) is 0 Å². The van der Waals surface area contributed by atoms with E-state index < -0.39 is 0 Å². The van der Waals surface area contributed by atoms with E-state index in [0.717, 1.165) is 50.5 Å². The lowest BCUT2D eigenvalue weighted by atomic mass is 10.1. The van der Waals surface area contributed by atoms with Gasteiger partial charge in [0.2, 0.25) is 0 Å². The molecule has 3 heteroatoms. The predicted octanol–water partition coefficient (Wildman–Crippen LogP) is 3.88. The molecule has 0 aliphatic rings. The molecular formula is C16H27NO2. The second-order valence-electron chi connectivity index (χ2n) is 5.07. The largest absolute Gasteiger partial charge is 0.494 e. The Morgan fingerprint density at radius 3 is 2.42 bits per heavy atom. The molecule has 3 nitrogen and oxygen atoms in total. The maximum atomic E-state index is 5.63. The van der Waals surface area contributed by atoms with Gasteiger partial charge in [-0.05, 0) is 49.4 Å². The van der Waals surface area contributed by atoms with Gasteiger partial charge in [0.1, 0.15) is 5.75 Å². The molecule has 0 saturated carbocycles. The number of nitrogens with two attached hydrogens (primary N) is 1. The number of nitrogen functional groups attached to an aromatic ring is 1. The summed E-state index contributed by atoms with van der Waals surface area (Å²) < 4.78 is 11.2. The minimum absolute atomic E-state index is 0.675. The van der Waals surface area contributed by atoms with Crippen molar-refractivity contribution in [3.63, 3.8) is 0 Å². The molecule has 1 aromatic carbocycles. The van der Waals surface area contributed by atoms with Gasteiger partial charge in [0.15, 0.2) is 0 Å². The number of ether oxygens (including phenoxy) is 2. The van der Waals surface area contributed by atoms with E-state index >= 15 is 0 Å². The molecule has 0 aliphatic carbocycles. The minimum Gasteiger partial charge on any atom is -0.494 e. The van der Waals surface area contributed by atoms with Crippen LogP contribution in [0.15, 0.2) is 24.3 Å². The van der Waals surface area contributed by atoms with Crippen LogP contribution in [-0.4, -0.2) is 19.8 Å². The third-order valence-electron chi connectivity index (χ3n) is 3.18. The minimum atomic E-state index is 0.675. The van der Waals surface area contributed by atoms with Crippen LogP contribution in [0.2, 0.25) is 0 Å². The molecule has 1 rings (SSSR count). The number of benzene rings is 1. The lowest BCUT2D eigenvalue weighted by Gasteiger charge is -2.09. The van der Waals surface area contributed by atoms with Crippen molar-refractivity contribution in [1.29, 1.82) is 0 Å². The Balaban J connectivity index is 1.92. The van der Waals surface area contributed by atoms with Gasteiger partial charge in [-0.3, -0.25) is 0 Å². The first-order valence-corrected chi connectivity index (χ1v) is 7.28. The average Bonchev–Trinajstić information content (AvgIpc) is 2.43. The third-order valence-corrected chi connectivity index (χ3v) is 3.18. The molecule has 1 unspecified atom stereocenters. The highest BCUT2D eigenvalue weighted by Gasteiger charge is 1.98. The summed E-state index contributed by atoms with van der Waals surface area (Å²) in [6, 6.07) is 7.53. The highest BCUT2D eigenvalue weighted by molar-refractivity contribution is 5.41. The Morgan fingerprint density at radius 2 is 1.74 bits per heavy atom. The van der Waals surface area contributed by atoms with Crippen LogP contribution in [0.3, 0.4) is 0 Å². The lowest BCUT2D eigenvalue weighted by molar-refractivity contribution is 0.0994. The first-order chi connectivity index (χ1) is 9.22. The van der Waals surface area contributed by atoms with Gasteiger partial charge in [0.25, 0.3) is 0 Å². The molecular weight excluding hydrogens is 238 g/mol. The summed E-state index contributed by atoms with van der Waals surface area (Å²) in [6.45, 7) is 6.93. The monoisotopic (exact) mass is 265 g/mol. The summed E-state index contributed by atoms with van der Waals surface area (Å²) >= 11 is 0. The van der Waals surface area contributed by atoms with Gasteiger partial charge in [0, 0.05) is 18.9 Å². The van der Waals surface area contributed by atoms with Gasteiger partial charge >= 0.3 is 0 Å². The Bertz CT molecular complexity index is 324. The average molecular weight is 265 g/mol. The first-order valence-electron chi connectivity index (χ1n) is 7.28. The van der Waals surface area contributed by atoms with Crippen molar-refractivity contribution in [3.8, 4) is 5.75 Å². The topological polar surface area (TPSA) is 44.5 Å². The fraction of sp³-hybridized carbons (Fsp3) is 0.625. The zero-order valence-electron chi connectivity index (χ0n) is 12.2. The highest BCUT2D eigenvalue weighted by Crippen LogP contribution is 2.13. The zero-order chi connectivity index (χ0) is 13.9. The molecule has 0 amide bonds. The van der Waals surface area contributed by atoms with Crippen molar-refractivity contribution in [2.45, 2.75) is 39.5 Å². The Kier molecular flexibility index (Phi) is 8.07. The zero-order valence-corrected chi connectivity index (χ0v) is 12.2. The SMILES string of the molecule is CCC(C)COCCCCCOc1ccc(N)cc1. The summed E-state index contributed by atoms with van der Waals surface area (Å²) in [5, 5.41) is 0. The summed E-state index contributed by atoms with van der Waals surface area (Å²) in [7, 11) is 0. The lowest BCUT2D eigenvalue weighted by Crippen LogP contribution is -2.06. The fourth-order valence-electron chi connectivity index (χ4n) is 1.64. The van der Waals surface area contributed by atoms with E-state index in [9.17, 15) is 0 Å². The molecule has 19 heavy (non-hydrogen) atoms. The van der Waals surface area contributed by atoms with Crippen LogP contribution in [0.1, 0.15) is 39.5 Å². The molecule has 1 atom stereocenters. The number of anilines is 1. The maximum Gasteiger partial charge on any atom is 0.119 e. The molecule has 0 aromatic heterocycles. The van der Waals surface area contributed by atoms with Gasteiger partial charge < -0.3 is 15.2 Å². The molecule has 0 heterocycles. The molecule has 0 saturated heterocycles. The number of unbranched alkanes of at least 4 members (excludes halogenated alkanes) is 2. The van der Waals surface area contributed by atoms with Crippen LogP contribution in [0.5, 0.6) is 5.75 Å². The van der Waals surface area contributed by atoms with Crippen molar-refractivity contribution in [3.05, 3.63) is 24.3 Å². The molecule has 0 spiro atoms. The van der Waals surface area contributed by atoms with Crippen molar-refractivity contribution >= 4 is 5.69 Å². The van der Waals surface area contributed by atoms with E-state index in [1.54, 1.807) is 0 Å². The molecule has 0 fully saturated rings. The number of hydrogen-bond acceptors (Lipinski definition) is 3. The number of rotatable bonds is 10. The second kappa shape index (κ2) is 9.68. The predicted molar refractivity (Wildman–Crippen MR) is 80.5 cm³/mol. The molecule has 2 N–H and O–H groups in total. The Labute approximate surface area is 117 Å². The number of hydrogen-bond donors (Lipinski definition) is 1. The van der Waals surface area contributed by atoms with Gasteiger partial charge in [-0.15, -0.1) is 0 Å². The van der Waals surface area contributed by atoms with Crippen LogP contribution < -0.4 is 10.5 Å². The Hall–Kier alpha value is -1.22. The quantitative estimate of drug-likeness (QED) is 0.516. The van der Waals surface area contributed by atoms with Crippen LogP contribution >= 0.6 is 0 Å². The smallest absolute Gasteiger partial charge is 0.119 e. The standard InChI is InChI=1S/C16H27NO2/c1-3-14(2)13-18-11-5-4-6-12-19-16-9-7-15(17)8-10-16/h7-10,14H,3-6,11-13,17H2,1-2H3. The maximum absolute atomic E-state index is 5.63. The molecule has 0 aliphatic heterocycles. The Morgan fingerprint density at radius 1 is 1.05 bits per heavy atom. The first kappa shape index (κ1) is 15.8.